The summed E-state index contributed by atoms with van der Waals surface area (Å²) < 4.78 is 5.98. The number of carbonyl (C=O) groups is 1. The molecule has 1 aliphatic heterocycles. The van der Waals surface area contributed by atoms with E-state index < -0.39 is 11.4 Å². The molecule has 1 heterocycles. The van der Waals surface area contributed by atoms with E-state index in [9.17, 15) is 9.90 Å². The number of fused-ring (bicyclic) bond motifs is 1. The van der Waals surface area contributed by atoms with Crippen molar-refractivity contribution < 1.29 is 14.6 Å². The molecule has 0 aromatic heterocycles. The second-order valence-electron chi connectivity index (χ2n) is 6.78. The van der Waals surface area contributed by atoms with Gasteiger partial charge in [0.25, 0.3) is 0 Å². The molecule has 0 bridgehead atoms. The Labute approximate surface area is 120 Å². The molecular formula is C17H22O3. The first-order valence-electron chi connectivity index (χ1n) is 7.49. The average Bonchev–Trinajstić information content (AvgIpc) is 2.88. The van der Waals surface area contributed by atoms with E-state index in [-0.39, 0.29) is 5.60 Å². The number of hydrogen-bond donors (Lipinski definition) is 1. The smallest absolute Gasteiger partial charge is 0.314 e. The van der Waals surface area contributed by atoms with Crippen LogP contribution >= 0.6 is 0 Å². The van der Waals surface area contributed by atoms with Gasteiger partial charge < -0.3 is 9.84 Å². The van der Waals surface area contributed by atoms with Crippen molar-refractivity contribution in [3.05, 3.63) is 29.3 Å². The minimum Gasteiger partial charge on any atom is -0.488 e. The van der Waals surface area contributed by atoms with Crippen molar-refractivity contribution in [3.8, 4) is 5.75 Å². The second kappa shape index (κ2) is 4.51. The summed E-state index contributed by atoms with van der Waals surface area (Å²) >= 11 is 0. The molecule has 0 atom stereocenters. The fourth-order valence-corrected chi connectivity index (χ4v) is 3.56. The predicted molar refractivity (Wildman–Crippen MR) is 77.3 cm³/mol. The highest BCUT2D eigenvalue weighted by atomic mass is 16.5. The van der Waals surface area contributed by atoms with Gasteiger partial charge in [0.2, 0.25) is 0 Å². The molecule has 1 N–H and O–H groups in total. The van der Waals surface area contributed by atoms with Crippen molar-refractivity contribution in [3.63, 3.8) is 0 Å². The number of ether oxygens (including phenoxy) is 1. The number of carboxylic acids is 1. The molecule has 108 valence electrons. The van der Waals surface area contributed by atoms with E-state index in [1.807, 2.05) is 12.1 Å². The Bertz CT molecular complexity index is 539. The van der Waals surface area contributed by atoms with Crippen molar-refractivity contribution in [1.82, 2.24) is 0 Å². The van der Waals surface area contributed by atoms with Crippen LogP contribution < -0.4 is 4.74 Å². The van der Waals surface area contributed by atoms with Gasteiger partial charge in [-0.1, -0.05) is 25.0 Å². The lowest BCUT2D eigenvalue weighted by atomic mass is 9.77. The van der Waals surface area contributed by atoms with Crippen molar-refractivity contribution in [1.29, 1.82) is 0 Å². The average molecular weight is 274 g/mol. The monoisotopic (exact) mass is 274 g/mol. The van der Waals surface area contributed by atoms with Crippen molar-refractivity contribution in [2.45, 2.75) is 63.4 Å². The number of aliphatic carboxylic acids is 1. The van der Waals surface area contributed by atoms with Crippen LogP contribution in [-0.2, 0) is 16.6 Å². The van der Waals surface area contributed by atoms with E-state index in [0.717, 1.165) is 55.4 Å². The summed E-state index contributed by atoms with van der Waals surface area (Å²) in [5, 5.41) is 9.67. The van der Waals surface area contributed by atoms with Crippen LogP contribution in [0.25, 0.3) is 0 Å². The molecule has 3 rings (SSSR count). The van der Waals surface area contributed by atoms with Gasteiger partial charge in [-0.15, -0.1) is 0 Å². The zero-order valence-corrected chi connectivity index (χ0v) is 12.2. The highest BCUT2D eigenvalue weighted by molar-refractivity contribution is 5.82. The first-order valence-corrected chi connectivity index (χ1v) is 7.49. The zero-order chi connectivity index (χ0) is 14.4. The van der Waals surface area contributed by atoms with E-state index in [1.165, 1.54) is 0 Å². The summed E-state index contributed by atoms with van der Waals surface area (Å²) in [6.45, 7) is 4.19. The summed E-state index contributed by atoms with van der Waals surface area (Å²) in [5.41, 5.74) is 1.34. The first-order chi connectivity index (χ1) is 9.43. The molecule has 1 saturated carbocycles. The van der Waals surface area contributed by atoms with Crippen LogP contribution in [0.15, 0.2) is 18.2 Å². The molecular weight excluding hydrogens is 252 g/mol. The van der Waals surface area contributed by atoms with Gasteiger partial charge >= 0.3 is 5.97 Å². The molecule has 3 heteroatoms. The number of rotatable bonds is 2. The molecule has 1 aromatic rings. The van der Waals surface area contributed by atoms with Crippen LogP contribution in [0.1, 0.15) is 57.1 Å². The maximum atomic E-state index is 11.8. The molecule has 20 heavy (non-hydrogen) atoms. The van der Waals surface area contributed by atoms with E-state index in [4.69, 9.17) is 4.74 Å². The molecule has 0 spiro atoms. The molecule has 0 saturated heterocycles. The Morgan fingerprint density at radius 3 is 2.55 bits per heavy atom. The van der Waals surface area contributed by atoms with E-state index in [0.29, 0.717) is 0 Å². The molecule has 2 aliphatic rings. The Morgan fingerprint density at radius 1 is 1.20 bits per heavy atom. The molecule has 0 unspecified atom stereocenters. The molecule has 1 aromatic carbocycles. The van der Waals surface area contributed by atoms with Gasteiger partial charge in [-0.2, -0.15) is 0 Å². The summed E-state index contributed by atoms with van der Waals surface area (Å²) in [5.74, 6) is 0.246. The quantitative estimate of drug-likeness (QED) is 0.894. The highest BCUT2D eigenvalue weighted by Crippen LogP contribution is 2.43. The van der Waals surface area contributed by atoms with Gasteiger partial charge in [0.15, 0.2) is 0 Å². The van der Waals surface area contributed by atoms with E-state index in [2.05, 4.69) is 19.9 Å². The number of aryl methyl sites for hydroxylation is 1. The lowest BCUT2D eigenvalue weighted by molar-refractivity contribution is -0.143. The number of benzene rings is 1. The van der Waals surface area contributed by atoms with Crippen LogP contribution in [0.5, 0.6) is 5.75 Å². The van der Waals surface area contributed by atoms with Gasteiger partial charge in [0.05, 0.1) is 5.41 Å². The Balaban J connectivity index is 1.99. The maximum Gasteiger partial charge on any atom is 0.314 e. The molecule has 0 amide bonds. The first kappa shape index (κ1) is 13.5. The fourth-order valence-electron chi connectivity index (χ4n) is 3.56. The van der Waals surface area contributed by atoms with Crippen molar-refractivity contribution >= 4 is 5.97 Å². The van der Waals surface area contributed by atoms with Gasteiger partial charge in [0.1, 0.15) is 11.4 Å². The molecule has 0 radical (unpaired) electrons. The second-order valence-corrected chi connectivity index (χ2v) is 6.78. The van der Waals surface area contributed by atoms with Gasteiger partial charge in [0, 0.05) is 0 Å². The zero-order valence-electron chi connectivity index (χ0n) is 12.2. The molecule has 3 nitrogen and oxygen atoms in total. The summed E-state index contributed by atoms with van der Waals surface area (Å²) in [7, 11) is 0. The Kier molecular flexibility index (Phi) is 3.03. The van der Waals surface area contributed by atoms with Crippen LogP contribution in [0.2, 0.25) is 0 Å². The summed E-state index contributed by atoms with van der Waals surface area (Å²) in [4.78, 5) is 11.8. The lowest BCUT2D eigenvalue weighted by Crippen LogP contribution is -2.34. The minimum absolute atomic E-state index is 0.119. The standard InChI is InChI=1S/C17H22O3/c1-16(2)10-7-12-11-13(5-6-14(12)20-16)17(15(18)19)8-3-4-9-17/h5-6,11H,3-4,7-10H2,1-2H3,(H,18,19). The predicted octanol–water partition coefficient (Wildman–Crippen LogP) is 3.69. The van der Waals surface area contributed by atoms with Gasteiger partial charge in [-0.3, -0.25) is 4.79 Å². The fraction of sp³-hybridized carbons (Fsp3) is 0.588. The van der Waals surface area contributed by atoms with Crippen LogP contribution in [-0.4, -0.2) is 16.7 Å². The third-order valence-corrected chi connectivity index (χ3v) is 4.86. The van der Waals surface area contributed by atoms with Crippen LogP contribution in [0, 0.1) is 0 Å². The van der Waals surface area contributed by atoms with Gasteiger partial charge in [-0.05, 0) is 56.7 Å². The topological polar surface area (TPSA) is 46.5 Å². The van der Waals surface area contributed by atoms with Crippen LogP contribution in [0.4, 0.5) is 0 Å². The van der Waals surface area contributed by atoms with Crippen LogP contribution in [0.3, 0.4) is 0 Å². The van der Waals surface area contributed by atoms with Crippen molar-refractivity contribution in [2.24, 2.45) is 0 Å². The SMILES string of the molecule is CC1(C)CCc2cc(C3(C(=O)O)CCCC3)ccc2O1. The largest absolute Gasteiger partial charge is 0.488 e. The third kappa shape index (κ3) is 2.09. The Morgan fingerprint density at radius 2 is 1.90 bits per heavy atom. The molecule has 1 aliphatic carbocycles. The summed E-state index contributed by atoms with van der Waals surface area (Å²) in [6.07, 6.45) is 5.47. The Hall–Kier alpha value is -1.51. The molecule has 1 fully saturated rings. The van der Waals surface area contributed by atoms with Gasteiger partial charge in [-0.25, -0.2) is 0 Å². The number of carboxylic acid groups (broad SMARTS) is 1. The van der Waals surface area contributed by atoms with Crippen molar-refractivity contribution in [2.75, 3.05) is 0 Å². The van der Waals surface area contributed by atoms with E-state index in [1.54, 1.807) is 0 Å². The lowest BCUT2D eigenvalue weighted by Gasteiger charge is -2.34. The third-order valence-electron chi connectivity index (χ3n) is 4.86. The summed E-state index contributed by atoms with van der Waals surface area (Å²) in [6, 6.07) is 6.00. The number of hydrogen-bond acceptors (Lipinski definition) is 2. The minimum atomic E-state index is -0.674. The highest BCUT2D eigenvalue weighted by Gasteiger charge is 2.43. The normalized spacial score (nSPS) is 22.9. The maximum absolute atomic E-state index is 11.8. The van der Waals surface area contributed by atoms with E-state index >= 15 is 0 Å².